The van der Waals surface area contributed by atoms with Gasteiger partial charge in [-0.25, -0.2) is 0 Å². The highest BCUT2D eigenvalue weighted by Crippen LogP contribution is 2.19. The highest BCUT2D eigenvalue weighted by atomic mass is 14.9. The predicted octanol–water partition coefficient (Wildman–Crippen LogP) is 2.95. The summed E-state index contributed by atoms with van der Waals surface area (Å²) in [5, 5.41) is 3.71. The van der Waals surface area contributed by atoms with Crippen LogP contribution in [0.15, 0.2) is 0 Å². The highest BCUT2D eigenvalue weighted by molar-refractivity contribution is 4.76. The standard InChI is InChI=1S/C11H23N/c1-9(2)8-10(3)12-11-6-4-5-7-11/h9-12H,4-8H2,1-3H3/t10-/m1/s1. The first-order valence-electron chi connectivity index (χ1n) is 5.44. The number of hydrogen-bond acceptors (Lipinski definition) is 1. The van der Waals surface area contributed by atoms with Crippen LogP contribution < -0.4 is 5.32 Å². The molecule has 1 rings (SSSR count). The molecule has 12 heavy (non-hydrogen) atoms. The Balaban J connectivity index is 2.11. The maximum atomic E-state index is 3.71. The Bertz CT molecular complexity index is 114. The van der Waals surface area contributed by atoms with E-state index in [1.807, 2.05) is 0 Å². The molecule has 0 spiro atoms. The molecule has 1 aliphatic carbocycles. The molecular weight excluding hydrogens is 146 g/mol. The summed E-state index contributed by atoms with van der Waals surface area (Å²) >= 11 is 0. The molecule has 1 saturated carbocycles. The predicted molar refractivity (Wildman–Crippen MR) is 54.3 cm³/mol. The van der Waals surface area contributed by atoms with Crippen LogP contribution in [-0.4, -0.2) is 12.1 Å². The summed E-state index contributed by atoms with van der Waals surface area (Å²) < 4.78 is 0. The second kappa shape index (κ2) is 4.86. The van der Waals surface area contributed by atoms with Gasteiger partial charge in [0.15, 0.2) is 0 Å². The van der Waals surface area contributed by atoms with E-state index in [9.17, 15) is 0 Å². The minimum atomic E-state index is 0.716. The van der Waals surface area contributed by atoms with Gasteiger partial charge in [0.1, 0.15) is 0 Å². The van der Waals surface area contributed by atoms with Crippen molar-refractivity contribution < 1.29 is 0 Å². The average Bonchev–Trinajstić information content (AvgIpc) is 2.37. The van der Waals surface area contributed by atoms with Gasteiger partial charge in [-0.15, -0.1) is 0 Å². The van der Waals surface area contributed by atoms with Crippen LogP contribution in [0.2, 0.25) is 0 Å². The highest BCUT2D eigenvalue weighted by Gasteiger charge is 2.16. The van der Waals surface area contributed by atoms with E-state index in [-0.39, 0.29) is 0 Å². The molecule has 0 radical (unpaired) electrons. The minimum absolute atomic E-state index is 0.716. The first-order chi connectivity index (χ1) is 5.68. The molecule has 0 aromatic heterocycles. The van der Waals surface area contributed by atoms with Gasteiger partial charge in [-0.1, -0.05) is 26.7 Å². The summed E-state index contributed by atoms with van der Waals surface area (Å²) in [6, 6.07) is 1.55. The Morgan fingerprint density at radius 1 is 1.17 bits per heavy atom. The van der Waals surface area contributed by atoms with E-state index in [4.69, 9.17) is 0 Å². The van der Waals surface area contributed by atoms with Gasteiger partial charge in [0.25, 0.3) is 0 Å². The summed E-state index contributed by atoms with van der Waals surface area (Å²) in [6.45, 7) is 6.91. The smallest absolute Gasteiger partial charge is 0.00695 e. The zero-order valence-electron chi connectivity index (χ0n) is 8.77. The van der Waals surface area contributed by atoms with Crippen molar-refractivity contribution in [3.8, 4) is 0 Å². The first kappa shape index (κ1) is 10.0. The average molecular weight is 169 g/mol. The molecule has 0 saturated heterocycles. The second-order valence-corrected chi connectivity index (χ2v) is 4.68. The molecule has 0 bridgehead atoms. The molecule has 1 atom stereocenters. The molecule has 0 aliphatic heterocycles. The third-order valence-corrected chi connectivity index (χ3v) is 2.70. The lowest BCUT2D eigenvalue weighted by Gasteiger charge is -2.20. The van der Waals surface area contributed by atoms with Crippen molar-refractivity contribution in [2.24, 2.45) is 5.92 Å². The van der Waals surface area contributed by atoms with E-state index < -0.39 is 0 Å². The Morgan fingerprint density at radius 3 is 2.25 bits per heavy atom. The van der Waals surface area contributed by atoms with Crippen molar-refractivity contribution >= 4 is 0 Å². The van der Waals surface area contributed by atoms with E-state index >= 15 is 0 Å². The van der Waals surface area contributed by atoms with Crippen LogP contribution in [0.1, 0.15) is 52.9 Å². The Morgan fingerprint density at radius 2 is 1.75 bits per heavy atom. The zero-order chi connectivity index (χ0) is 8.97. The molecule has 1 aliphatic rings. The van der Waals surface area contributed by atoms with E-state index in [0.29, 0.717) is 6.04 Å². The Labute approximate surface area is 76.9 Å². The van der Waals surface area contributed by atoms with Gasteiger partial charge in [-0.2, -0.15) is 0 Å². The molecular formula is C11H23N. The largest absolute Gasteiger partial charge is 0.311 e. The van der Waals surface area contributed by atoms with Gasteiger partial charge in [0, 0.05) is 12.1 Å². The monoisotopic (exact) mass is 169 g/mol. The van der Waals surface area contributed by atoms with Crippen LogP contribution in [0.5, 0.6) is 0 Å². The fourth-order valence-corrected chi connectivity index (χ4v) is 2.27. The summed E-state index contributed by atoms with van der Waals surface area (Å²) in [5.41, 5.74) is 0. The van der Waals surface area contributed by atoms with Crippen LogP contribution in [0.3, 0.4) is 0 Å². The maximum absolute atomic E-state index is 3.71. The lowest BCUT2D eigenvalue weighted by Crippen LogP contribution is -2.35. The second-order valence-electron chi connectivity index (χ2n) is 4.68. The van der Waals surface area contributed by atoms with Crippen molar-refractivity contribution in [2.75, 3.05) is 0 Å². The molecule has 0 aromatic carbocycles. The van der Waals surface area contributed by atoms with Crippen molar-refractivity contribution in [3.63, 3.8) is 0 Å². The van der Waals surface area contributed by atoms with E-state index in [1.165, 1.54) is 32.1 Å². The van der Waals surface area contributed by atoms with Gasteiger partial charge in [-0.05, 0) is 32.1 Å². The van der Waals surface area contributed by atoms with E-state index in [1.54, 1.807) is 0 Å². The molecule has 0 amide bonds. The molecule has 1 N–H and O–H groups in total. The lowest BCUT2D eigenvalue weighted by molar-refractivity contribution is 0.391. The fraction of sp³-hybridized carbons (Fsp3) is 1.00. The summed E-state index contributed by atoms with van der Waals surface area (Å²) in [7, 11) is 0. The molecule has 1 nitrogen and oxygen atoms in total. The van der Waals surface area contributed by atoms with Crippen molar-refractivity contribution in [3.05, 3.63) is 0 Å². The van der Waals surface area contributed by atoms with E-state index in [2.05, 4.69) is 26.1 Å². The number of hydrogen-bond donors (Lipinski definition) is 1. The van der Waals surface area contributed by atoms with Crippen LogP contribution in [0.4, 0.5) is 0 Å². The van der Waals surface area contributed by atoms with Gasteiger partial charge >= 0.3 is 0 Å². The van der Waals surface area contributed by atoms with Gasteiger partial charge < -0.3 is 5.32 Å². The topological polar surface area (TPSA) is 12.0 Å². The SMILES string of the molecule is CC(C)C[C@@H](C)NC1CCCC1. The minimum Gasteiger partial charge on any atom is -0.311 e. The molecule has 0 heterocycles. The van der Waals surface area contributed by atoms with Crippen LogP contribution in [0.25, 0.3) is 0 Å². The number of nitrogens with one attached hydrogen (secondary N) is 1. The Hall–Kier alpha value is -0.0400. The summed E-state index contributed by atoms with van der Waals surface area (Å²) in [5.74, 6) is 0.828. The number of rotatable bonds is 4. The molecule has 0 aromatic rings. The maximum Gasteiger partial charge on any atom is 0.00695 e. The van der Waals surface area contributed by atoms with Gasteiger partial charge in [-0.3, -0.25) is 0 Å². The fourth-order valence-electron chi connectivity index (χ4n) is 2.27. The summed E-state index contributed by atoms with van der Waals surface area (Å²) in [6.07, 6.45) is 7.00. The third-order valence-electron chi connectivity index (χ3n) is 2.70. The molecule has 1 heteroatoms. The normalized spacial score (nSPS) is 22.0. The van der Waals surface area contributed by atoms with Crippen molar-refractivity contribution in [1.29, 1.82) is 0 Å². The lowest BCUT2D eigenvalue weighted by atomic mass is 10.0. The van der Waals surface area contributed by atoms with Crippen LogP contribution >= 0.6 is 0 Å². The van der Waals surface area contributed by atoms with Crippen LogP contribution in [0, 0.1) is 5.92 Å². The third kappa shape index (κ3) is 3.57. The van der Waals surface area contributed by atoms with Gasteiger partial charge in [0.2, 0.25) is 0 Å². The molecule has 72 valence electrons. The molecule has 1 fully saturated rings. The van der Waals surface area contributed by atoms with Crippen molar-refractivity contribution in [1.82, 2.24) is 5.32 Å². The van der Waals surface area contributed by atoms with Crippen molar-refractivity contribution in [2.45, 2.75) is 65.0 Å². The first-order valence-corrected chi connectivity index (χ1v) is 5.44. The van der Waals surface area contributed by atoms with E-state index in [0.717, 1.165) is 12.0 Å². The zero-order valence-corrected chi connectivity index (χ0v) is 8.77. The van der Waals surface area contributed by atoms with Crippen LogP contribution in [-0.2, 0) is 0 Å². The Kier molecular flexibility index (Phi) is 4.07. The quantitative estimate of drug-likeness (QED) is 0.682. The molecule has 0 unspecified atom stereocenters. The summed E-state index contributed by atoms with van der Waals surface area (Å²) in [4.78, 5) is 0. The van der Waals surface area contributed by atoms with Gasteiger partial charge in [0.05, 0.1) is 0 Å².